The lowest BCUT2D eigenvalue weighted by Crippen LogP contribution is -2.19. The molecular formula is C72H73ClFN15O6. The van der Waals surface area contributed by atoms with E-state index in [4.69, 9.17) is 40.8 Å². The molecule has 6 heterocycles. The largest absolute Gasteiger partial charge is 0.492 e. The summed E-state index contributed by atoms with van der Waals surface area (Å²) >= 11 is 6.54. The molecule has 23 heteroatoms. The van der Waals surface area contributed by atoms with Crippen molar-refractivity contribution in [1.82, 2.24) is 60.6 Å². The molecular weight excluding hydrogens is 1230 g/mol. The molecule has 0 saturated heterocycles. The van der Waals surface area contributed by atoms with Crippen molar-refractivity contribution in [3.05, 3.63) is 198 Å². The summed E-state index contributed by atoms with van der Waals surface area (Å²) in [7, 11) is 16.7. The molecule has 486 valence electrons. The Morgan fingerprint density at radius 1 is 0.421 bits per heavy atom. The smallest absolute Gasteiger partial charge is 0.253 e. The Kier molecular flexibility index (Phi) is 22.0. The Hall–Kier alpha value is -10.9. The lowest BCUT2D eigenvalue weighted by Gasteiger charge is -2.15. The fourth-order valence-corrected chi connectivity index (χ4v) is 10.5. The molecule has 0 unspecified atom stereocenters. The first-order valence-electron chi connectivity index (χ1n) is 30.5. The number of halogens is 2. The van der Waals surface area contributed by atoms with Crippen molar-refractivity contribution in [3.63, 3.8) is 0 Å². The quantitative estimate of drug-likeness (QED) is 0.0367. The maximum absolute atomic E-state index is 14.8. The predicted octanol–water partition coefficient (Wildman–Crippen LogP) is 12.3. The van der Waals surface area contributed by atoms with E-state index in [1.165, 1.54) is 6.07 Å². The van der Waals surface area contributed by atoms with Gasteiger partial charge in [-0.05, 0) is 127 Å². The average molecular weight is 1300 g/mol. The molecule has 21 nitrogen and oxygen atoms in total. The van der Waals surface area contributed by atoms with Crippen molar-refractivity contribution in [2.24, 2.45) is 0 Å². The van der Waals surface area contributed by atoms with Crippen molar-refractivity contribution in [1.29, 1.82) is 0 Å². The molecule has 95 heavy (non-hydrogen) atoms. The monoisotopic (exact) mass is 1300 g/mol. The molecule has 0 aliphatic rings. The molecule has 0 radical (unpaired) electrons. The maximum atomic E-state index is 14.8. The molecule has 0 atom stereocenters. The standard InChI is InChI=1S/C24H24ClN5O2.C24H24FN5O2.C24H25N5O2/c2*1-26-24(31)18-6-4-5-16-19-14-27-10-9-17(19)23(29-22(16)18)28-21-8-7-15(13-20(21)25)32-12-11-30(2)3;1-25-24(30)20-6-4-5-18-21-15-26-12-11-19(21)23(28-22(18)20)27-16-7-9-17(10-8-16)31-14-13-29(2)3/h2*4-10,13-14H,11-12H2,1-3H3,(H,26,31)(H,28,29);4-12,15H,13-14H2,1-3H3,(H,25,30)(H,27,28). The Labute approximate surface area is 554 Å². The number of ether oxygens (including phenoxy) is 3. The maximum Gasteiger partial charge on any atom is 0.253 e. The Morgan fingerprint density at radius 3 is 1.16 bits per heavy atom. The van der Waals surface area contributed by atoms with Crippen LogP contribution in [0.3, 0.4) is 0 Å². The lowest BCUT2D eigenvalue weighted by atomic mass is 10.0. The third-order valence-corrected chi connectivity index (χ3v) is 15.5. The van der Waals surface area contributed by atoms with Gasteiger partial charge in [0.1, 0.15) is 60.3 Å². The number of benzene rings is 6. The van der Waals surface area contributed by atoms with E-state index in [1.807, 2.05) is 138 Å². The van der Waals surface area contributed by atoms with Crippen LogP contribution in [-0.4, -0.2) is 165 Å². The number of carbonyl (C=O) groups excluding carboxylic acids is 3. The van der Waals surface area contributed by atoms with E-state index >= 15 is 0 Å². The highest BCUT2D eigenvalue weighted by molar-refractivity contribution is 6.33. The summed E-state index contributed by atoms with van der Waals surface area (Å²) in [5.41, 5.74) is 5.02. The number of amides is 3. The highest BCUT2D eigenvalue weighted by atomic mass is 35.5. The van der Waals surface area contributed by atoms with E-state index in [0.29, 0.717) is 92.7 Å². The zero-order valence-corrected chi connectivity index (χ0v) is 54.9. The van der Waals surface area contributed by atoms with Crippen LogP contribution in [0.15, 0.2) is 171 Å². The van der Waals surface area contributed by atoms with Gasteiger partial charge in [0.25, 0.3) is 17.7 Å². The summed E-state index contributed by atoms with van der Waals surface area (Å²) in [4.78, 5) is 70.4. The van der Waals surface area contributed by atoms with Gasteiger partial charge in [0.05, 0.1) is 49.6 Å². The van der Waals surface area contributed by atoms with Crippen molar-refractivity contribution in [2.45, 2.75) is 0 Å². The van der Waals surface area contributed by atoms with Crippen molar-refractivity contribution < 1.29 is 33.0 Å². The number of nitrogens with one attached hydrogen (secondary N) is 6. The van der Waals surface area contributed by atoms with Gasteiger partial charge in [0.2, 0.25) is 0 Å². The number of para-hydroxylation sites is 3. The topological polar surface area (TPSA) is 238 Å². The fraction of sp³-hybridized carbons (Fsp3) is 0.208. The second-order valence-electron chi connectivity index (χ2n) is 22.6. The van der Waals surface area contributed by atoms with E-state index in [2.05, 4.69) is 56.7 Å². The van der Waals surface area contributed by atoms with Gasteiger partial charge in [-0.15, -0.1) is 0 Å². The molecule has 0 saturated carbocycles. The van der Waals surface area contributed by atoms with Crippen LogP contribution >= 0.6 is 11.6 Å². The van der Waals surface area contributed by atoms with Crippen molar-refractivity contribution in [3.8, 4) is 17.2 Å². The zero-order valence-electron chi connectivity index (χ0n) is 54.1. The Balaban J connectivity index is 0.000000155. The molecule has 6 aromatic carbocycles. The van der Waals surface area contributed by atoms with Gasteiger partial charge in [-0.3, -0.25) is 29.3 Å². The number of aromatic nitrogens is 6. The number of hydrogen-bond acceptors (Lipinski definition) is 18. The molecule has 0 aliphatic heterocycles. The summed E-state index contributed by atoms with van der Waals surface area (Å²) in [5.74, 6) is 2.58. The third kappa shape index (κ3) is 16.1. The van der Waals surface area contributed by atoms with Crippen LogP contribution in [0.1, 0.15) is 31.1 Å². The minimum absolute atomic E-state index is 0.175. The summed E-state index contributed by atoms with van der Waals surface area (Å²) in [6.07, 6.45) is 10.4. The van der Waals surface area contributed by atoms with Crippen LogP contribution in [0, 0.1) is 5.82 Å². The first-order chi connectivity index (χ1) is 46.0. The summed E-state index contributed by atoms with van der Waals surface area (Å²) < 4.78 is 32.0. The van der Waals surface area contributed by atoms with E-state index in [0.717, 1.165) is 79.5 Å². The summed E-state index contributed by atoms with van der Waals surface area (Å²) in [5, 5.41) is 26.1. The Morgan fingerprint density at radius 2 is 0.779 bits per heavy atom. The second-order valence-corrected chi connectivity index (χ2v) is 23.0. The van der Waals surface area contributed by atoms with E-state index < -0.39 is 5.82 Å². The van der Waals surface area contributed by atoms with E-state index in [-0.39, 0.29) is 23.4 Å². The van der Waals surface area contributed by atoms with Gasteiger partial charge >= 0.3 is 0 Å². The average Bonchev–Trinajstić information content (AvgIpc) is 0.782. The first-order valence-corrected chi connectivity index (χ1v) is 30.9. The van der Waals surface area contributed by atoms with Crippen molar-refractivity contribution in [2.75, 3.05) is 119 Å². The molecule has 0 bridgehead atoms. The van der Waals surface area contributed by atoms with Gasteiger partial charge in [-0.1, -0.05) is 48.0 Å². The van der Waals surface area contributed by atoms with Crippen LogP contribution < -0.4 is 46.1 Å². The minimum atomic E-state index is -0.462. The van der Waals surface area contributed by atoms with Crippen LogP contribution in [0.5, 0.6) is 17.2 Å². The minimum Gasteiger partial charge on any atom is -0.492 e. The number of likely N-dealkylation sites (N-methyl/N-ethyl adjacent to an activating group) is 3. The van der Waals surface area contributed by atoms with Gasteiger partial charge < -0.3 is 60.8 Å². The highest BCUT2D eigenvalue weighted by Crippen LogP contribution is 2.37. The van der Waals surface area contributed by atoms with E-state index in [9.17, 15) is 18.8 Å². The fourth-order valence-electron chi connectivity index (χ4n) is 10.3. The number of anilines is 6. The molecule has 6 N–H and O–H groups in total. The van der Waals surface area contributed by atoms with Gasteiger partial charge in [-0.25, -0.2) is 19.3 Å². The van der Waals surface area contributed by atoms with Gasteiger partial charge in [0.15, 0.2) is 0 Å². The zero-order chi connectivity index (χ0) is 67.1. The number of hydrogen-bond donors (Lipinski definition) is 6. The number of nitrogens with zero attached hydrogens (tertiary/aromatic N) is 9. The van der Waals surface area contributed by atoms with Crippen LogP contribution in [0.25, 0.3) is 65.0 Å². The molecule has 0 fully saturated rings. The van der Waals surface area contributed by atoms with Crippen LogP contribution in [0.2, 0.25) is 5.02 Å². The highest BCUT2D eigenvalue weighted by Gasteiger charge is 2.20. The second kappa shape index (κ2) is 31.1. The number of carbonyl (C=O) groups is 3. The number of fused-ring (bicyclic) bond motifs is 9. The molecule has 12 aromatic rings. The predicted molar refractivity (Wildman–Crippen MR) is 378 cm³/mol. The van der Waals surface area contributed by atoms with Gasteiger partial charge in [0, 0.05) is 144 Å². The SMILES string of the molecule is CNC(=O)c1cccc2c1nc(Nc1ccc(OCCN(C)C)cc1)c1ccncc12.CNC(=O)c1cccc2c1nc(Nc1ccc(OCCN(C)C)cc1Cl)c1ccncc12.CNC(=O)c1cccc2c1nc(Nc1ccc(OCCN(C)C)cc1F)c1ccncc12. The number of rotatable bonds is 21. The Bertz CT molecular complexity index is 4550. The van der Waals surface area contributed by atoms with Crippen LogP contribution in [0.4, 0.5) is 38.9 Å². The third-order valence-electron chi connectivity index (χ3n) is 15.2. The lowest BCUT2D eigenvalue weighted by molar-refractivity contribution is 0.0956. The van der Waals surface area contributed by atoms with Crippen molar-refractivity contribution >= 4 is 129 Å². The molecule has 0 spiro atoms. The first kappa shape index (κ1) is 67.0. The molecule has 0 aliphatic carbocycles. The molecule has 3 amide bonds. The van der Waals surface area contributed by atoms with Crippen LogP contribution in [-0.2, 0) is 0 Å². The van der Waals surface area contributed by atoms with E-state index in [1.54, 1.807) is 94.7 Å². The summed E-state index contributed by atoms with van der Waals surface area (Å²) in [6.45, 7) is 4.07. The molecule has 12 rings (SSSR count). The van der Waals surface area contributed by atoms with Gasteiger partial charge in [-0.2, -0.15) is 0 Å². The normalized spacial score (nSPS) is 11.1. The summed E-state index contributed by atoms with van der Waals surface area (Å²) in [6, 6.07) is 40.1. The molecule has 6 aromatic heterocycles. The number of pyridine rings is 6.